The van der Waals surface area contributed by atoms with Crippen LogP contribution in [0, 0.1) is 5.92 Å². The van der Waals surface area contributed by atoms with Crippen molar-refractivity contribution in [2.75, 3.05) is 26.2 Å². The van der Waals surface area contributed by atoms with Crippen LogP contribution in [0.4, 0.5) is 0 Å². The molecular formula is C16H26N2. The van der Waals surface area contributed by atoms with Gasteiger partial charge in [0.1, 0.15) is 0 Å². The molecule has 18 heavy (non-hydrogen) atoms. The lowest BCUT2D eigenvalue weighted by molar-refractivity contribution is 0.184. The third kappa shape index (κ3) is 4.43. The van der Waals surface area contributed by atoms with Crippen molar-refractivity contribution in [3.05, 3.63) is 35.9 Å². The molecule has 0 aliphatic heterocycles. The van der Waals surface area contributed by atoms with E-state index in [-0.39, 0.29) is 0 Å². The fourth-order valence-corrected chi connectivity index (χ4v) is 2.48. The highest BCUT2D eigenvalue weighted by molar-refractivity contribution is 5.14. The molecule has 0 amide bonds. The SMILES string of the molecule is CCN(CCNCc1ccccc1)CC1CCC1. The summed E-state index contributed by atoms with van der Waals surface area (Å²) in [5.41, 5.74) is 1.37. The highest BCUT2D eigenvalue weighted by Crippen LogP contribution is 2.26. The quantitative estimate of drug-likeness (QED) is 0.710. The molecule has 1 aromatic rings. The highest BCUT2D eigenvalue weighted by atomic mass is 15.1. The van der Waals surface area contributed by atoms with Crippen molar-refractivity contribution >= 4 is 0 Å². The average molecular weight is 246 g/mol. The molecule has 2 rings (SSSR count). The number of hydrogen-bond donors (Lipinski definition) is 1. The monoisotopic (exact) mass is 246 g/mol. The Labute approximate surface area is 111 Å². The maximum Gasteiger partial charge on any atom is 0.0206 e. The second-order valence-electron chi connectivity index (χ2n) is 5.35. The van der Waals surface area contributed by atoms with Gasteiger partial charge in [-0.1, -0.05) is 43.7 Å². The maximum atomic E-state index is 3.53. The van der Waals surface area contributed by atoms with Crippen molar-refractivity contribution in [2.24, 2.45) is 5.92 Å². The van der Waals surface area contributed by atoms with Gasteiger partial charge in [0, 0.05) is 26.2 Å². The molecule has 1 fully saturated rings. The summed E-state index contributed by atoms with van der Waals surface area (Å²) in [5.74, 6) is 0.985. The fraction of sp³-hybridized carbons (Fsp3) is 0.625. The van der Waals surface area contributed by atoms with Gasteiger partial charge in [-0.25, -0.2) is 0 Å². The van der Waals surface area contributed by atoms with E-state index in [0.717, 1.165) is 19.0 Å². The smallest absolute Gasteiger partial charge is 0.0206 e. The van der Waals surface area contributed by atoms with Gasteiger partial charge in [-0.2, -0.15) is 0 Å². The van der Waals surface area contributed by atoms with E-state index >= 15 is 0 Å². The van der Waals surface area contributed by atoms with Gasteiger partial charge in [0.25, 0.3) is 0 Å². The lowest BCUT2D eigenvalue weighted by atomic mass is 9.85. The average Bonchev–Trinajstić information content (AvgIpc) is 2.37. The highest BCUT2D eigenvalue weighted by Gasteiger charge is 2.19. The zero-order chi connectivity index (χ0) is 12.6. The van der Waals surface area contributed by atoms with Crippen molar-refractivity contribution in [1.29, 1.82) is 0 Å². The summed E-state index contributed by atoms with van der Waals surface area (Å²) < 4.78 is 0. The standard InChI is InChI=1S/C16H26N2/c1-2-18(14-16-9-6-10-16)12-11-17-13-15-7-4-3-5-8-15/h3-5,7-8,16-17H,2,6,9-14H2,1H3. The van der Waals surface area contributed by atoms with E-state index < -0.39 is 0 Å². The number of nitrogens with zero attached hydrogens (tertiary/aromatic N) is 1. The van der Waals surface area contributed by atoms with Gasteiger partial charge in [0.2, 0.25) is 0 Å². The van der Waals surface area contributed by atoms with E-state index in [1.54, 1.807) is 0 Å². The first kappa shape index (κ1) is 13.6. The third-order valence-electron chi connectivity index (χ3n) is 3.97. The van der Waals surface area contributed by atoms with Crippen molar-refractivity contribution < 1.29 is 0 Å². The Morgan fingerprint density at radius 2 is 2.00 bits per heavy atom. The summed E-state index contributed by atoms with van der Waals surface area (Å²) in [7, 11) is 0. The molecule has 0 bridgehead atoms. The molecule has 0 radical (unpaired) electrons. The minimum absolute atomic E-state index is 0.985. The second-order valence-corrected chi connectivity index (χ2v) is 5.35. The molecule has 0 heterocycles. The molecule has 1 aromatic carbocycles. The minimum atomic E-state index is 0.985. The Balaban J connectivity index is 1.58. The predicted molar refractivity (Wildman–Crippen MR) is 77.6 cm³/mol. The Morgan fingerprint density at radius 3 is 2.61 bits per heavy atom. The molecule has 1 N–H and O–H groups in total. The van der Waals surface area contributed by atoms with Crippen LogP contribution in [0.15, 0.2) is 30.3 Å². The first-order valence-electron chi connectivity index (χ1n) is 7.35. The minimum Gasteiger partial charge on any atom is -0.311 e. The van der Waals surface area contributed by atoms with Gasteiger partial charge in [-0.05, 0) is 30.9 Å². The first-order valence-corrected chi connectivity index (χ1v) is 7.35. The Morgan fingerprint density at radius 1 is 1.22 bits per heavy atom. The van der Waals surface area contributed by atoms with E-state index in [0.29, 0.717) is 0 Å². The van der Waals surface area contributed by atoms with Crippen LogP contribution in [0.1, 0.15) is 31.7 Å². The summed E-state index contributed by atoms with van der Waals surface area (Å²) in [5, 5.41) is 3.53. The lowest BCUT2D eigenvalue weighted by Crippen LogP contribution is -2.37. The topological polar surface area (TPSA) is 15.3 Å². The molecule has 2 heteroatoms. The summed E-state index contributed by atoms with van der Waals surface area (Å²) in [6.07, 6.45) is 4.36. The molecule has 0 aromatic heterocycles. The lowest BCUT2D eigenvalue weighted by Gasteiger charge is -2.31. The molecule has 0 spiro atoms. The summed E-state index contributed by atoms with van der Waals surface area (Å²) in [4.78, 5) is 2.59. The fourth-order valence-electron chi connectivity index (χ4n) is 2.48. The second kappa shape index (κ2) is 7.55. The molecule has 0 saturated heterocycles. The van der Waals surface area contributed by atoms with Crippen molar-refractivity contribution in [1.82, 2.24) is 10.2 Å². The maximum absolute atomic E-state index is 3.53. The molecule has 1 saturated carbocycles. The zero-order valence-corrected chi connectivity index (χ0v) is 11.6. The zero-order valence-electron chi connectivity index (χ0n) is 11.6. The summed E-state index contributed by atoms with van der Waals surface area (Å²) in [6.45, 7) is 8.03. The number of benzene rings is 1. The molecule has 1 aliphatic carbocycles. The number of hydrogen-bond acceptors (Lipinski definition) is 2. The van der Waals surface area contributed by atoms with E-state index in [9.17, 15) is 0 Å². The van der Waals surface area contributed by atoms with E-state index in [1.165, 1.54) is 44.5 Å². The van der Waals surface area contributed by atoms with Crippen molar-refractivity contribution in [2.45, 2.75) is 32.7 Å². The summed E-state index contributed by atoms with van der Waals surface area (Å²) >= 11 is 0. The van der Waals surface area contributed by atoms with Crippen LogP contribution in [-0.2, 0) is 6.54 Å². The van der Waals surface area contributed by atoms with Crippen LogP contribution >= 0.6 is 0 Å². The number of nitrogens with one attached hydrogen (secondary N) is 1. The van der Waals surface area contributed by atoms with Crippen LogP contribution in [0.2, 0.25) is 0 Å². The Hall–Kier alpha value is -0.860. The van der Waals surface area contributed by atoms with Crippen molar-refractivity contribution in [3.63, 3.8) is 0 Å². The number of rotatable bonds is 8. The van der Waals surface area contributed by atoms with Crippen LogP contribution in [0.5, 0.6) is 0 Å². The Kier molecular flexibility index (Phi) is 5.69. The van der Waals surface area contributed by atoms with Gasteiger partial charge >= 0.3 is 0 Å². The van der Waals surface area contributed by atoms with Gasteiger partial charge in [-0.15, -0.1) is 0 Å². The molecule has 1 aliphatic rings. The van der Waals surface area contributed by atoms with Crippen LogP contribution in [-0.4, -0.2) is 31.1 Å². The van der Waals surface area contributed by atoms with Crippen molar-refractivity contribution in [3.8, 4) is 0 Å². The molecule has 2 nitrogen and oxygen atoms in total. The molecule has 100 valence electrons. The van der Waals surface area contributed by atoms with E-state index in [1.807, 2.05) is 0 Å². The van der Waals surface area contributed by atoms with Gasteiger partial charge < -0.3 is 10.2 Å². The van der Waals surface area contributed by atoms with Gasteiger partial charge in [-0.3, -0.25) is 0 Å². The predicted octanol–water partition coefficient (Wildman–Crippen LogP) is 2.90. The summed E-state index contributed by atoms with van der Waals surface area (Å²) in [6, 6.07) is 10.6. The first-order chi connectivity index (χ1) is 8.88. The molecule has 0 unspecified atom stereocenters. The van der Waals surface area contributed by atoms with Crippen LogP contribution in [0.3, 0.4) is 0 Å². The number of likely N-dealkylation sites (N-methyl/N-ethyl adjacent to an activating group) is 1. The van der Waals surface area contributed by atoms with Gasteiger partial charge in [0.05, 0.1) is 0 Å². The molecular weight excluding hydrogens is 220 g/mol. The third-order valence-corrected chi connectivity index (χ3v) is 3.97. The normalized spacial score (nSPS) is 15.9. The van der Waals surface area contributed by atoms with E-state index in [4.69, 9.17) is 0 Å². The molecule has 0 atom stereocenters. The Bertz CT molecular complexity index is 319. The van der Waals surface area contributed by atoms with E-state index in [2.05, 4.69) is 47.5 Å². The van der Waals surface area contributed by atoms with Crippen LogP contribution in [0.25, 0.3) is 0 Å². The largest absolute Gasteiger partial charge is 0.311 e. The van der Waals surface area contributed by atoms with Crippen LogP contribution < -0.4 is 5.32 Å². The van der Waals surface area contributed by atoms with Gasteiger partial charge in [0.15, 0.2) is 0 Å².